The van der Waals surface area contributed by atoms with E-state index in [0.717, 1.165) is 0 Å². The predicted molar refractivity (Wildman–Crippen MR) is 105 cm³/mol. The van der Waals surface area contributed by atoms with Crippen LogP contribution in [0.3, 0.4) is 0 Å². The quantitative estimate of drug-likeness (QED) is 0.372. The molecule has 0 radical (unpaired) electrons. The zero-order valence-corrected chi connectivity index (χ0v) is 18.3. The molecule has 1 aliphatic rings. The SMILES string of the molecule is CC(=O)OC[C@H]1O[C@@H](OCc2cn([C@@H](CO)c3ccco3)nn2)[C@H](OC(C)=O)[C@@H]1OC(C)=O. The average molecular weight is 467 g/mol. The zero-order chi connectivity index (χ0) is 24.0. The Bertz CT molecular complexity index is 944. The van der Waals surface area contributed by atoms with Crippen molar-refractivity contribution in [1.82, 2.24) is 15.0 Å². The molecule has 3 rings (SSSR count). The monoisotopic (exact) mass is 467 g/mol. The molecule has 180 valence electrons. The summed E-state index contributed by atoms with van der Waals surface area (Å²) in [5.41, 5.74) is 0.387. The van der Waals surface area contributed by atoms with Gasteiger partial charge in [0.2, 0.25) is 0 Å². The van der Waals surface area contributed by atoms with Gasteiger partial charge in [-0.3, -0.25) is 14.4 Å². The van der Waals surface area contributed by atoms with Gasteiger partial charge in [0.25, 0.3) is 0 Å². The standard InChI is InChI=1S/C20H25N3O10/c1-11(25)29-10-17-18(31-12(2)26)19(32-13(3)27)20(33-17)30-9-14-7-23(22-21-14)15(8-24)16-5-4-6-28-16/h4-7,15,17-20,24H,8-10H2,1-3H3/t15-,17+,18+,19+,20+/m0/s1. The smallest absolute Gasteiger partial charge is 0.303 e. The molecule has 0 saturated carbocycles. The topological polar surface area (TPSA) is 161 Å². The highest BCUT2D eigenvalue weighted by molar-refractivity contribution is 5.68. The van der Waals surface area contributed by atoms with Crippen molar-refractivity contribution >= 4 is 17.9 Å². The molecular weight excluding hydrogens is 442 g/mol. The van der Waals surface area contributed by atoms with E-state index < -0.39 is 48.6 Å². The lowest BCUT2D eigenvalue weighted by Gasteiger charge is -2.23. The van der Waals surface area contributed by atoms with E-state index in [2.05, 4.69) is 10.3 Å². The first kappa shape index (κ1) is 24.4. The van der Waals surface area contributed by atoms with Gasteiger partial charge in [0.15, 0.2) is 18.5 Å². The number of hydrogen-bond donors (Lipinski definition) is 1. The van der Waals surface area contributed by atoms with Gasteiger partial charge in [-0.25, -0.2) is 4.68 Å². The van der Waals surface area contributed by atoms with E-state index in [0.29, 0.717) is 11.5 Å². The number of ether oxygens (including phenoxy) is 5. The minimum atomic E-state index is -1.14. The van der Waals surface area contributed by atoms with E-state index in [9.17, 15) is 19.5 Å². The molecule has 1 fully saturated rings. The Balaban J connectivity index is 1.71. The van der Waals surface area contributed by atoms with Gasteiger partial charge in [-0.15, -0.1) is 5.10 Å². The third kappa shape index (κ3) is 6.37. The fourth-order valence-electron chi connectivity index (χ4n) is 3.29. The van der Waals surface area contributed by atoms with E-state index >= 15 is 0 Å². The molecule has 5 atom stereocenters. The second-order valence-electron chi connectivity index (χ2n) is 7.21. The second kappa shape index (κ2) is 11.0. The number of aromatic nitrogens is 3. The summed E-state index contributed by atoms with van der Waals surface area (Å²) in [6.45, 7) is 3.00. The summed E-state index contributed by atoms with van der Waals surface area (Å²) in [6.07, 6.45) is -1.17. The Labute approximate surface area is 188 Å². The highest BCUT2D eigenvalue weighted by atomic mass is 16.7. The number of carbonyl (C=O) groups excluding carboxylic acids is 3. The van der Waals surface area contributed by atoms with Crippen LogP contribution in [-0.2, 0) is 44.7 Å². The number of esters is 3. The maximum Gasteiger partial charge on any atom is 0.303 e. The van der Waals surface area contributed by atoms with Gasteiger partial charge < -0.3 is 33.2 Å². The Morgan fingerprint density at radius 3 is 2.48 bits per heavy atom. The summed E-state index contributed by atoms with van der Waals surface area (Å²) in [5, 5.41) is 17.7. The van der Waals surface area contributed by atoms with E-state index in [-0.39, 0.29) is 19.8 Å². The fraction of sp³-hybridized carbons (Fsp3) is 0.550. The number of rotatable bonds is 10. The molecule has 0 aromatic carbocycles. The molecule has 33 heavy (non-hydrogen) atoms. The summed E-state index contributed by atoms with van der Waals surface area (Å²) in [6, 6.07) is 2.82. The van der Waals surface area contributed by atoms with Crippen molar-refractivity contribution in [2.45, 2.75) is 58.0 Å². The van der Waals surface area contributed by atoms with Crippen LogP contribution in [0.25, 0.3) is 0 Å². The van der Waals surface area contributed by atoms with Crippen LogP contribution in [0.2, 0.25) is 0 Å². The van der Waals surface area contributed by atoms with Crippen molar-refractivity contribution in [2.75, 3.05) is 13.2 Å². The number of hydrogen-bond acceptors (Lipinski definition) is 12. The largest absolute Gasteiger partial charge is 0.467 e. The van der Waals surface area contributed by atoms with Crippen molar-refractivity contribution in [3.05, 3.63) is 36.0 Å². The van der Waals surface area contributed by atoms with Crippen LogP contribution in [0.1, 0.15) is 38.3 Å². The third-order valence-corrected chi connectivity index (χ3v) is 4.64. The van der Waals surface area contributed by atoms with Crippen LogP contribution in [0.5, 0.6) is 0 Å². The summed E-state index contributed by atoms with van der Waals surface area (Å²) in [4.78, 5) is 34.4. The fourth-order valence-corrected chi connectivity index (χ4v) is 3.29. The van der Waals surface area contributed by atoms with Crippen LogP contribution in [-0.4, -0.2) is 75.8 Å². The number of carbonyl (C=O) groups is 3. The van der Waals surface area contributed by atoms with Gasteiger partial charge in [0.1, 0.15) is 30.2 Å². The number of nitrogens with zero attached hydrogens (tertiary/aromatic N) is 3. The maximum atomic E-state index is 11.6. The molecule has 2 aromatic heterocycles. The lowest BCUT2D eigenvalue weighted by molar-refractivity contribution is -0.194. The van der Waals surface area contributed by atoms with Crippen molar-refractivity contribution in [3.63, 3.8) is 0 Å². The molecule has 0 unspecified atom stereocenters. The minimum Gasteiger partial charge on any atom is -0.467 e. The Morgan fingerprint density at radius 1 is 1.15 bits per heavy atom. The van der Waals surface area contributed by atoms with Gasteiger partial charge >= 0.3 is 17.9 Å². The minimum absolute atomic E-state index is 0.105. The number of aliphatic hydroxyl groups excluding tert-OH is 1. The Morgan fingerprint density at radius 2 is 1.88 bits per heavy atom. The molecule has 0 amide bonds. The molecule has 1 aliphatic heterocycles. The van der Waals surface area contributed by atoms with E-state index in [1.54, 1.807) is 18.3 Å². The molecule has 13 nitrogen and oxygen atoms in total. The maximum absolute atomic E-state index is 11.6. The summed E-state index contributed by atoms with van der Waals surface area (Å²) >= 11 is 0. The van der Waals surface area contributed by atoms with E-state index in [1.807, 2.05) is 0 Å². The molecule has 0 spiro atoms. The zero-order valence-electron chi connectivity index (χ0n) is 18.3. The second-order valence-corrected chi connectivity index (χ2v) is 7.21. The molecule has 0 bridgehead atoms. The van der Waals surface area contributed by atoms with Crippen molar-refractivity contribution in [3.8, 4) is 0 Å². The lowest BCUT2D eigenvalue weighted by atomic mass is 10.1. The van der Waals surface area contributed by atoms with Crippen LogP contribution >= 0.6 is 0 Å². The molecule has 1 N–H and O–H groups in total. The lowest BCUT2D eigenvalue weighted by Crippen LogP contribution is -2.41. The first-order valence-electron chi connectivity index (χ1n) is 10.1. The first-order valence-corrected chi connectivity index (χ1v) is 10.1. The Kier molecular flexibility index (Phi) is 8.14. The van der Waals surface area contributed by atoms with Gasteiger partial charge in [-0.1, -0.05) is 5.21 Å². The molecule has 13 heteroatoms. The summed E-state index contributed by atoms with van der Waals surface area (Å²) in [5.74, 6) is -1.33. The molecule has 3 heterocycles. The van der Waals surface area contributed by atoms with Crippen molar-refractivity contribution in [1.29, 1.82) is 0 Å². The highest BCUT2D eigenvalue weighted by Gasteiger charge is 2.50. The highest BCUT2D eigenvalue weighted by Crippen LogP contribution is 2.29. The third-order valence-electron chi connectivity index (χ3n) is 4.64. The Hall–Kier alpha value is -3.29. The summed E-state index contributed by atoms with van der Waals surface area (Å²) < 4.78 is 33.7. The number of furan rings is 1. The number of aliphatic hydroxyl groups is 1. The van der Waals surface area contributed by atoms with Gasteiger partial charge in [-0.05, 0) is 12.1 Å². The van der Waals surface area contributed by atoms with E-state index in [1.165, 1.54) is 31.7 Å². The molecule has 0 aliphatic carbocycles. The van der Waals surface area contributed by atoms with Gasteiger partial charge in [0, 0.05) is 20.8 Å². The predicted octanol–water partition coefficient (Wildman–Crippen LogP) is 0.121. The normalized spacial score (nSPS) is 23.2. The average Bonchev–Trinajstić information content (AvgIpc) is 3.48. The van der Waals surface area contributed by atoms with Crippen molar-refractivity contribution < 1.29 is 47.6 Å². The van der Waals surface area contributed by atoms with Gasteiger partial charge in [0.05, 0.1) is 25.7 Å². The molecular formula is C20H25N3O10. The van der Waals surface area contributed by atoms with Crippen LogP contribution in [0.15, 0.2) is 29.0 Å². The first-order chi connectivity index (χ1) is 15.8. The molecule has 1 saturated heterocycles. The van der Waals surface area contributed by atoms with Crippen LogP contribution in [0, 0.1) is 0 Å². The molecule has 2 aromatic rings. The van der Waals surface area contributed by atoms with Gasteiger partial charge in [-0.2, -0.15) is 0 Å². The summed E-state index contributed by atoms with van der Waals surface area (Å²) in [7, 11) is 0. The van der Waals surface area contributed by atoms with Crippen LogP contribution < -0.4 is 0 Å². The van der Waals surface area contributed by atoms with Crippen molar-refractivity contribution in [2.24, 2.45) is 0 Å². The van der Waals surface area contributed by atoms with Crippen LogP contribution in [0.4, 0.5) is 0 Å². The van der Waals surface area contributed by atoms with E-state index in [4.69, 9.17) is 28.1 Å².